The minimum atomic E-state index is -0.0450. The molecule has 0 amide bonds. The summed E-state index contributed by atoms with van der Waals surface area (Å²) in [5, 5.41) is 5.41. The van der Waals surface area contributed by atoms with E-state index in [1.165, 1.54) is 0 Å². The molecule has 2 rings (SSSR count). The van der Waals surface area contributed by atoms with Crippen LogP contribution in [-0.4, -0.2) is 16.8 Å². The van der Waals surface area contributed by atoms with Crippen LogP contribution in [0.1, 0.15) is 23.7 Å². The van der Waals surface area contributed by atoms with Crippen LogP contribution in [0.4, 0.5) is 0 Å². The fraction of sp³-hybridized carbons (Fsp3) is 0.308. The molecule has 0 unspecified atom stereocenters. The van der Waals surface area contributed by atoms with Crippen LogP contribution in [0.2, 0.25) is 0 Å². The van der Waals surface area contributed by atoms with Crippen molar-refractivity contribution in [2.75, 3.05) is 6.61 Å². The van der Waals surface area contributed by atoms with Crippen molar-refractivity contribution in [1.29, 1.82) is 0 Å². The molecule has 2 N–H and O–H groups in total. The number of nitrogens with one attached hydrogen (secondary N) is 2. The van der Waals surface area contributed by atoms with Crippen molar-refractivity contribution in [3.05, 3.63) is 51.4 Å². The van der Waals surface area contributed by atoms with Gasteiger partial charge in [0.15, 0.2) is 0 Å². The van der Waals surface area contributed by atoms with E-state index in [1.807, 2.05) is 38.1 Å². The number of aromatic amines is 2. The van der Waals surface area contributed by atoms with Crippen LogP contribution in [0.3, 0.4) is 0 Å². The summed E-state index contributed by atoms with van der Waals surface area (Å²) < 4.78 is 5.37. The third-order valence-electron chi connectivity index (χ3n) is 2.71. The second-order valence-corrected chi connectivity index (χ2v) is 3.94. The first-order chi connectivity index (χ1) is 8.20. The zero-order valence-corrected chi connectivity index (χ0v) is 10.0. The van der Waals surface area contributed by atoms with Crippen LogP contribution in [-0.2, 0) is 6.42 Å². The maximum absolute atomic E-state index is 11.5. The molecule has 0 radical (unpaired) electrons. The highest BCUT2D eigenvalue weighted by Crippen LogP contribution is 2.14. The second kappa shape index (κ2) is 4.91. The van der Waals surface area contributed by atoms with Gasteiger partial charge in [0.1, 0.15) is 5.75 Å². The lowest BCUT2D eigenvalue weighted by Gasteiger charge is -2.04. The Hall–Kier alpha value is -1.97. The normalized spacial score (nSPS) is 10.5. The molecule has 0 spiro atoms. The van der Waals surface area contributed by atoms with Crippen molar-refractivity contribution in [2.24, 2.45) is 0 Å². The van der Waals surface area contributed by atoms with E-state index in [2.05, 4.69) is 10.2 Å². The van der Waals surface area contributed by atoms with E-state index in [-0.39, 0.29) is 5.56 Å². The third-order valence-corrected chi connectivity index (χ3v) is 2.71. The van der Waals surface area contributed by atoms with Gasteiger partial charge in [-0.3, -0.25) is 9.89 Å². The lowest BCUT2D eigenvalue weighted by molar-refractivity contribution is 0.340. The number of benzene rings is 1. The Labute approximate surface area is 99.6 Å². The van der Waals surface area contributed by atoms with E-state index in [0.717, 1.165) is 22.6 Å². The minimum Gasteiger partial charge on any atom is -0.494 e. The Morgan fingerprint density at radius 1 is 1.18 bits per heavy atom. The molecule has 0 bridgehead atoms. The molecule has 90 valence electrons. The van der Waals surface area contributed by atoms with Gasteiger partial charge in [-0.15, -0.1) is 0 Å². The van der Waals surface area contributed by atoms with Gasteiger partial charge in [0.25, 0.3) is 5.56 Å². The molecule has 1 aromatic heterocycles. The number of hydrogen-bond donors (Lipinski definition) is 2. The standard InChI is InChI=1S/C13H16N2O2/c1-3-17-11-6-4-10(5-7-11)8-12-9(2)14-15-13(12)16/h4-7H,3,8H2,1-2H3,(H2,14,15,16). The molecule has 0 atom stereocenters. The van der Waals surface area contributed by atoms with Crippen LogP contribution in [0.25, 0.3) is 0 Å². The predicted octanol–water partition coefficient (Wildman–Crippen LogP) is 2.00. The van der Waals surface area contributed by atoms with Gasteiger partial charge in [-0.25, -0.2) is 0 Å². The number of ether oxygens (including phenoxy) is 1. The maximum Gasteiger partial charge on any atom is 0.267 e. The lowest BCUT2D eigenvalue weighted by Crippen LogP contribution is -2.06. The Morgan fingerprint density at radius 3 is 2.41 bits per heavy atom. The summed E-state index contributed by atoms with van der Waals surface area (Å²) in [5.41, 5.74) is 2.73. The quantitative estimate of drug-likeness (QED) is 0.847. The summed E-state index contributed by atoms with van der Waals surface area (Å²) in [6.45, 7) is 4.51. The fourth-order valence-electron chi connectivity index (χ4n) is 1.76. The molecule has 0 aliphatic carbocycles. The van der Waals surface area contributed by atoms with Crippen LogP contribution in [0.15, 0.2) is 29.1 Å². The zero-order chi connectivity index (χ0) is 12.3. The number of aromatic nitrogens is 2. The van der Waals surface area contributed by atoms with E-state index >= 15 is 0 Å². The van der Waals surface area contributed by atoms with E-state index in [4.69, 9.17) is 4.74 Å². The number of aryl methyl sites for hydroxylation is 1. The first kappa shape index (κ1) is 11.5. The highest BCUT2D eigenvalue weighted by molar-refractivity contribution is 5.31. The molecular formula is C13H16N2O2. The maximum atomic E-state index is 11.5. The van der Waals surface area contributed by atoms with Crippen molar-refractivity contribution in [3.63, 3.8) is 0 Å². The van der Waals surface area contributed by atoms with E-state index < -0.39 is 0 Å². The summed E-state index contributed by atoms with van der Waals surface area (Å²) in [6, 6.07) is 7.82. The Morgan fingerprint density at radius 2 is 1.88 bits per heavy atom. The van der Waals surface area contributed by atoms with Gasteiger partial charge in [0, 0.05) is 17.7 Å². The molecule has 0 saturated heterocycles. The average Bonchev–Trinajstić information content (AvgIpc) is 2.64. The van der Waals surface area contributed by atoms with Crippen molar-refractivity contribution in [3.8, 4) is 5.75 Å². The van der Waals surface area contributed by atoms with Crippen molar-refractivity contribution < 1.29 is 4.74 Å². The molecule has 0 fully saturated rings. The van der Waals surface area contributed by atoms with E-state index in [0.29, 0.717) is 13.0 Å². The van der Waals surface area contributed by atoms with E-state index in [9.17, 15) is 4.79 Å². The lowest BCUT2D eigenvalue weighted by atomic mass is 10.1. The summed E-state index contributed by atoms with van der Waals surface area (Å²) in [7, 11) is 0. The average molecular weight is 232 g/mol. The Kier molecular flexibility index (Phi) is 3.32. The van der Waals surface area contributed by atoms with Crippen LogP contribution in [0, 0.1) is 6.92 Å². The summed E-state index contributed by atoms with van der Waals surface area (Å²) in [5.74, 6) is 0.857. The van der Waals surface area contributed by atoms with Crippen molar-refractivity contribution in [2.45, 2.75) is 20.3 Å². The second-order valence-electron chi connectivity index (χ2n) is 3.94. The highest BCUT2D eigenvalue weighted by atomic mass is 16.5. The highest BCUT2D eigenvalue weighted by Gasteiger charge is 2.06. The van der Waals surface area contributed by atoms with Gasteiger partial charge in [0.05, 0.1) is 6.61 Å². The monoisotopic (exact) mass is 232 g/mol. The summed E-state index contributed by atoms with van der Waals surface area (Å²) in [6.07, 6.45) is 0.636. The first-order valence-corrected chi connectivity index (χ1v) is 5.68. The van der Waals surface area contributed by atoms with Gasteiger partial charge >= 0.3 is 0 Å². The molecule has 1 heterocycles. The number of H-pyrrole nitrogens is 2. The Bertz CT molecular complexity index is 537. The molecule has 4 nitrogen and oxygen atoms in total. The fourth-order valence-corrected chi connectivity index (χ4v) is 1.76. The largest absolute Gasteiger partial charge is 0.494 e. The minimum absolute atomic E-state index is 0.0450. The molecule has 1 aromatic carbocycles. The molecule has 4 heteroatoms. The van der Waals surface area contributed by atoms with Gasteiger partial charge in [-0.1, -0.05) is 12.1 Å². The van der Waals surface area contributed by atoms with E-state index in [1.54, 1.807) is 0 Å². The van der Waals surface area contributed by atoms with Gasteiger partial charge in [-0.05, 0) is 31.5 Å². The topological polar surface area (TPSA) is 57.9 Å². The molecular weight excluding hydrogens is 216 g/mol. The number of hydrogen-bond acceptors (Lipinski definition) is 2. The van der Waals surface area contributed by atoms with Crippen molar-refractivity contribution in [1.82, 2.24) is 10.2 Å². The van der Waals surface area contributed by atoms with Crippen molar-refractivity contribution >= 4 is 0 Å². The molecule has 0 aliphatic heterocycles. The van der Waals surface area contributed by atoms with Crippen LogP contribution >= 0.6 is 0 Å². The summed E-state index contributed by atoms with van der Waals surface area (Å²) in [4.78, 5) is 11.5. The molecule has 0 aliphatic rings. The zero-order valence-electron chi connectivity index (χ0n) is 10.0. The molecule has 17 heavy (non-hydrogen) atoms. The van der Waals surface area contributed by atoms with Crippen LogP contribution in [0.5, 0.6) is 5.75 Å². The number of rotatable bonds is 4. The predicted molar refractivity (Wildman–Crippen MR) is 66.6 cm³/mol. The van der Waals surface area contributed by atoms with Gasteiger partial charge in [0.2, 0.25) is 0 Å². The van der Waals surface area contributed by atoms with Gasteiger partial charge < -0.3 is 9.84 Å². The Balaban J connectivity index is 2.17. The molecule has 0 saturated carbocycles. The van der Waals surface area contributed by atoms with Gasteiger partial charge in [-0.2, -0.15) is 0 Å². The first-order valence-electron chi connectivity index (χ1n) is 5.68. The van der Waals surface area contributed by atoms with Crippen LogP contribution < -0.4 is 10.3 Å². The smallest absolute Gasteiger partial charge is 0.267 e. The summed E-state index contributed by atoms with van der Waals surface area (Å²) >= 11 is 0. The third kappa shape index (κ3) is 2.58. The molecule has 2 aromatic rings. The SMILES string of the molecule is CCOc1ccc(Cc2c(C)[nH][nH]c2=O)cc1.